The Balaban J connectivity index is 1.56. The van der Waals surface area contributed by atoms with Crippen LogP contribution in [-0.4, -0.2) is 24.2 Å². The molecule has 0 unspecified atom stereocenters. The van der Waals surface area contributed by atoms with E-state index in [0.717, 1.165) is 17.7 Å². The lowest BCUT2D eigenvalue weighted by molar-refractivity contribution is 0.155. The largest absolute Gasteiger partial charge is 0.449 e. The summed E-state index contributed by atoms with van der Waals surface area (Å²) in [5.41, 5.74) is 3.30. The third kappa shape index (κ3) is 2.64. The lowest BCUT2D eigenvalue weighted by Crippen LogP contribution is -2.30. The maximum Gasteiger partial charge on any atom is 0.414 e. The van der Waals surface area contributed by atoms with Crippen molar-refractivity contribution in [3.63, 3.8) is 0 Å². The Morgan fingerprint density at radius 1 is 1.20 bits per heavy atom. The molecule has 0 spiro atoms. The number of pyridine rings is 1. The summed E-state index contributed by atoms with van der Waals surface area (Å²) in [6.45, 7) is 1.09. The van der Waals surface area contributed by atoms with E-state index in [1.54, 1.807) is 17.3 Å². The van der Waals surface area contributed by atoms with Gasteiger partial charge in [0.1, 0.15) is 0 Å². The molecule has 0 bridgehead atoms. The molecule has 2 aromatic rings. The fourth-order valence-electron chi connectivity index (χ4n) is 2.41. The van der Waals surface area contributed by atoms with Crippen molar-refractivity contribution in [2.75, 3.05) is 18.1 Å². The third-order valence-electron chi connectivity index (χ3n) is 3.47. The molecule has 0 saturated carbocycles. The highest BCUT2D eigenvalue weighted by Gasteiger charge is 2.24. The first-order valence-corrected chi connectivity index (χ1v) is 6.76. The van der Waals surface area contributed by atoms with Gasteiger partial charge < -0.3 is 4.74 Å². The Hall–Kier alpha value is -2.36. The molecule has 4 nitrogen and oxygen atoms in total. The number of carbonyl (C=O) groups is 1. The minimum absolute atomic E-state index is 0.260. The normalized spacial score (nSPS) is 13.1. The van der Waals surface area contributed by atoms with Crippen molar-refractivity contribution in [3.8, 4) is 0 Å². The summed E-state index contributed by atoms with van der Waals surface area (Å²) in [7, 11) is 0. The number of anilines is 1. The van der Waals surface area contributed by atoms with E-state index in [1.165, 1.54) is 5.56 Å². The van der Waals surface area contributed by atoms with Gasteiger partial charge in [0.25, 0.3) is 0 Å². The molecule has 1 amide bonds. The van der Waals surface area contributed by atoms with E-state index in [1.807, 2.05) is 30.3 Å². The number of hydrogen-bond acceptors (Lipinski definition) is 3. The maximum absolute atomic E-state index is 12.1. The second-order valence-electron chi connectivity index (χ2n) is 4.75. The van der Waals surface area contributed by atoms with Crippen LogP contribution >= 0.6 is 0 Å². The monoisotopic (exact) mass is 268 g/mol. The molecule has 0 aliphatic carbocycles. The van der Waals surface area contributed by atoms with Gasteiger partial charge >= 0.3 is 6.09 Å². The Labute approximate surface area is 118 Å². The molecule has 2 heterocycles. The van der Waals surface area contributed by atoms with Crippen LogP contribution in [0.25, 0.3) is 0 Å². The highest BCUT2D eigenvalue weighted by molar-refractivity contribution is 5.90. The van der Waals surface area contributed by atoms with Gasteiger partial charge in [-0.2, -0.15) is 0 Å². The van der Waals surface area contributed by atoms with Crippen molar-refractivity contribution >= 4 is 11.8 Å². The van der Waals surface area contributed by atoms with Crippen molar-refractivity contribution < 1.29 is 9.53 Å². The lowest BCUT2D eigenvalue weighted by Gasteiger charge is -2.16. The SMILES string of the molecule is O=C(OCCc1ccncc1)N1CCc2ccccc21. The van der Waals surface area contributed by atoms with Crippen LogP contribution in [0.15, 0.2) is 48.8 Å². The molecule has 0 fully saturated rings. The zero-order valence-electron chi connectivity index (χ0n) is 11.2. The lowest BCUT2D eigenvalue weighted by atomic mass is 10.2. The van der Waals surface area contributed by atoms with Gasteiger partial charge in [-0.15, -0.1) is 0 Å². The number of nitrogens with zero attached hydrogens (tertiary/aromatic N) is 2. The average molecular weight is 268 g/mol. The topological polar surface area (TPSA) is 42.4 Å². The van der Waals surface area contributed by atoms with E-state index < -0.39 is 0 Å². The summed E-state index contributed by atoms with van der Waals surface area (Å²) in [6, 6.07) is 11.8. The van der Waals surface area contributed by atoms with Crippen LogP contribution in [0.4, 0.5) is 10.5 Å². The molecule has 0 atom stereocenters. The molecule has 1 aliphatic heterocycles. The second-order valence-corrected chi connectivity index (χ2v) is 4.75. The smallest absolute Gasteiger partial charge is 0.414 e. The quantitative estimate of drug-likeness (QED) is 0.859. The number of benzene rings is 1. The summed E-state index contributed by atoms with van der Waals surface area (Å²) in [4.78, 5) is 17.8. The molecule has 4 heteroatoms. The van der Waals surface area contributed by atoms with Crippen molar-refractivity contribution in [1.82, 2.24) is 4.98 Å². The number of amides is 1. The van der Waals surface area contributed by atoms with Crippen molar-refractivity contribution in [3.05, 3.63) is 59.9 Å². The molecule has 20 heavy (non-hydrogen) atoms. The number of ether oxygens (including phenoxy) is 1. The minimum atomic E-state index is -0.260. The first-order valence-electron chi connectivity index (χ1n) is 6.76. The van der Waals surface area contributed by atoms with Gasteiger partial charge in [0.15, 0.2) is 0 Å². The molecule has 1 aromatic carbocycles. The number of para-hydroxylation sites is 1. The maximum atomic E-state index is 12.1. The zero-order chi connectivity index (χ0) is 13.8. The van der Waals surface area contributed by atoms with E-state index in [2.05, 4.69) is 11.1 Å². The van der Waals surface area contributed by atoms with Crippen LogP contribution in [0.5, 0.6) is 0 Å². The van der Waals surface area contributed by atoms with Gasteiger partial charge in [-0.05, 0) is 35.7 Å². The first-order chi connectivity index (χ1) is 9.84. The Morgan fingerprint density at radius 2 is 2.00 bits per heavy atom. The molecule has 0 radical (unpaired) electrons. The fourth-order valence-corrected chi connectivity index (χ4v) is 2.41. The molecule has 0 saturated heterocycles. The fraction of sp³-hybridized carbons (Fsp3) is 0.250. The Kier molecular flexibility index (Phi) is 3.63. The van der Waals surface area contributed by atoms with Crippen LogP contribution < -0.4 is 4.90 Å². The van der Waals surface area contributed by atoms with Gasteiger partial charge in [0.05, 0.1) is 12.3 Å². The van der Waals surface area contributed by atoms with Crippen LogP contribution in [0.3, 0.4) is 0 Å². The Bertz CT molecular complexity index is 598. The molecular weight excluding hydrogens is 252 g/mol. The third-order valence-corrected chi connectivity index (χ3v) is 3.47. The molecule has 3 rings (SSSR count). The number of fused-ring (bicyclic) bond motifs is 1. The van der Waals surface area contributed by atoms with E-state index in [-0.39, 0.29) is 6.09 Å². The summed E-state index contributed by atoms with van der Waals surface area (Å²) in [6.07, 6.45) is 4.84. The molecule has 1 aliphatic rings. The van der Waals surface area contributed by atoms with Gasteiger partial charge in [-0.3, -0.25) is 9.88 Å². The van der Waals surface area contributed by atoms with Gasteiger partial charge in [-0.25, -0.2) is 4.79 Å². The molecule has 102 valence electrons. The average Bonchev–Trinajstić information content (AvgIpc) is 2.92. The summed E-state index contributed by atoms with van der Waals surface area (Å²) >= 11 is 0. The van der Waals surface area contributed by atoms with Gasteiger partial charge in [0.2, 0.25) is 0 Å². The highest BCUT2D eigenvalue weighted by atomic mass is 16.6. The standard InChI is InChI=1S/C16H16N2O2/c19-16(20-12-8-13-5-9-17-10-6-13)18-11-7-14-3-1-2-4-15(14)18/h1-6,9-10H,7-8,11-12H2. The first kappa shape index (κ1) is 12.7. The minimum Gasteiger partial charge on any atom is -0.449 e. The Morgan fingerprint density at radius 3 is 2.85 bits per heavy atom. The van der Waals surface area contributed by atoms with Crippen molar-refractivity contribution in [2.45, 2.75) is 12.8 Å². The predicted molar refractivity (Wildman–Crippen MR) is 76.8 cm³/mol. The molecule has 1 aromatic heterocycles. The number of carbonyl (C=O) groups excluding carboxylic acids is 1. The van der Waals surface area contributed by atoms with Crippen LogP contribution in [0.1, 0.15) is 11.1 Å². The van der Waals surface area contributed by atoms with Gasteiger partial charge in [-0.1, -0.05) is 18.2 Å². The number of aromatic nitrogens is 1. The highest BCUT2D eigenvalue weighted by Crippen LogP contribution is 2.27. The summed E-state index contributed by atoms with van der Waals surface area (Å²) < 4.78 is 5.35. The van der Waals surface area contributed by atoms with Crippen molar-refractivity contribution in [1.29, 1.82) is 0 Å². The molecule has 0 N–H and O–H groups in total. The summed E-state index contributed by atoms with van der Waals surface area (Å²) in [5.74, 6) is 0. The van der Waals surface area contributed by atoms with Crippen LogP contribution in [0, 0.1) is 0 Å². The number of hydrogen-bond donors (Lipinski definition) is 0. The zero-order valence-corrected chi connectivity index (χ0v) is 11.2. The number of rotatable bonds is 3. The van der Waals surface area contributed by atoms with Crippen LogP contribution in [0.2, 0.25) is 0 Å². The van der Waals surface area contributed by atoms with E-state index in [4.69, 9.17) is 4.74 Å². The molecular formula is C16H16N2O2. The van der Waals surface area contributed by atoms with Crippen LogP contribution in [-0.2, 0) is 17.6 Å². The second kappa shape index (κ2) is 5.74. The summed E-state index contributed by atoms with van der Waals surface area (Å²) in [5, 5.41) is 0. The van der Waals surface area contributed by atoms with Gasteiger partial charge in [0, 0.05) is 25.4 Å². The van der Waals surface area contributed by atoms with E-state index >= 15 is 0 Å². The van der Waals surface area contributed by atoms with E-state index in [9.17, 15) is 4.79 Å². The van der Waals surface area contributed by atoms with E-state index in [0.29, 0.717) is 19.6 Å². The predicted octanol–water partition coefficient (Wildman–Crippen LogP) is 2.82. The van der Waals surface area contributed by atoms with Crippen molar-refractivity contribution in [2.24, 2.45) is 0 Å².